The van der Waals surface area contributed by atoms with Crippen LogP contribution in [0, 0.1) is 19.8 Å². The van der Waals surface area contributed by atoms with Crippen LogP contribution in [0.25, 0.3) is 17.2 Å². The van der Waals surface area contributed by atoms with E-state index in [9.17, 15) is 4.79 Å². The predicted octanol–water partition coefficient (Wildman–Crippen LogP) is 3.81. The van der Waals surface area contributed by atoms with Crippen molar-refractivity contribution in [3.8, 4) is 17.2 Å². The molecular weight excluding hydrogens is 370 g/mol. The van der Waals surface area contributed by atoms with Gasteiger partial charge in [-0.25, -0.2) is 0 Å². The molecule has 0 atom stereocenters. The highest BCUT2D eigenvalue weighted by atomic mass is 32.2. The summed E-state index contributed by atoms with van der Waals surface area (Å²) >= 11 is 1.38. The molecule has 3 aromatic rings. The largest absolute Gasteiger partial charge is 0.355 e. The molecule has 0 fully saturated rings. The molecule has 0 aliphatic rings. The van der Waals surface area contributed by atoms with Crippen LogP contribution in [0.1, 0.15) is 25.0 Å². The lowest BCUT2D eigenvalue weighted by Crippen LogP contribution is -2.28. The van der Waals surface area contributed by atoms with Crippen LogP contribution in [-0.2, 0) is 4.79 Å². The highest BCUT2D eigenvalue weighted by Crippen LogP contribution is 2.29. The van der Waals surface area contributed by atoms with Crippen LogP contribution in [-0.4, -0.2) is 38.0 Å². The fourth-order valence-corrected chi connectivity index (χ4v) is 3.48. The molecule has 0 aliphatic heterocycles. The van der Waals surface area contributed by atoms with Crippen molar-refractivity contribution in [1.82, 2.24) is 25.1 Å². The lowest BCUT2D eigenvalue weighted by Gasteiger charge is -2.13. The highest BCUT2D eigenvalue weighted by Gasteiger charge is 2.19. The predicted molar refractivity (Wildman–Crippen MR) is 113 cm³/mol. The van der Waals surface area contributed by atoms with Crippen molar-refractivity contribution in [3.05, 3.63) is 53.7 Å². The molecule has 3 rings (SSSR count). The van der Waals surface area contributed by atoms with E-state index in [0.29, 0.717) is 23.4 Å². The highest BCUT2D eigenvalue weighted by molar-refractivity contribution is 7.99. The zero-order chi connectivity index (χ0) is 20.1. The number of amides is 1. The first-order valence-electron chi connectivity index (χ1n) is 9.29. The molecule has 0 aliphatic carbocycles. The van der Waals surface area contributed by atoms with Crippen LogP contribution in [0.5, 0.6) is 0 Å². The number of rotatable bonds is 7. The maximum Gasteiger partial charge on any atom is 0.230 e. The monoisotopic (exact) mass is 395 g/mol. The minimum atomic E-state index is -0.00593. The van der Waals surface area contributed by atoms with Gasteiger partial charge in [0.05, 0.1) is 11.4 Å². The number of carbonyl (C=O) groups is 1. The first-order chi connectivity index (χ1) is 13.5. The molecule has 1 amide bonds. The van der Waals surface area contributed by atoms with E-state index < -0.39 is 0 Å². The topological polar surface area (TPSA) is 72.7 Å². The zero-order valence-electron chi connectivity index (χ0n) is 16.6. The van der Waals surface area contributed by atoms with Gasteiger partial charge in [-0.05, 0) is 49.1 Å². The molecule has 0 bridgehead atoms. The Balaban J connectivity index is 1.96. The van der Waals surface area contributed by atoms with Crippen molar-refractivity contribution < 1.29 is 4.79 Å². The Kier molecular flexibility index (Phi) is 6.46. The van der Waals surface area contributed by atoms with Gasteiger partial charge >= 0.3 is 0 Å². The van der Waals surface area contributed by atoms with E-state index in [4.69, 9.17) is 0 Å². The number of pyridine rings is 1. The van der Waals surface area contributed by atoms with Gasteiger partial charge in [0.1, 0.15) is 5.69 Å². The number of benzene rings is 1. The number of hydrogen-bond acceptors (Lipinski definition) is 5. The van der Waals surface area contributed by atoms with Crippen LogP contribution in [0.3, 0.4) is 0 Å². The van der Waals surface area contributed by atoms with Crippen LogP contribution < -0.4 is 5.32 Å². The van der Waals surface area contributed by atoms with Crippen molar-refractivity contribution in [2.24, 2.45) is 5.92 Å². The van der Waals surface area contributed by atoms with Crippen molar-refractivity contribution in [3.63, 3.8) is 0 Å². The third kappa shape index (κ3) is 4.78. The standard InChI is InChI=1S/C21H25N5OS/c1-14(2)12-23-19(27)13-28-21-25-24-20(17-7-5-6-10-22-17)26(21)18-11-15(3)8-9-16(18)4/h5-11,14H,12-13H2,1-4H3,(H,23,27). The van der Waals surface area contributed by atoms with E-state index in [1.807, 2.05) is 22.8 Å². The van der Waals surface area contributed by atoms with Gasteiger partial charge in [0.2, 0.25) is 5.91 Å². The molecule has 0 radical (unpaired) electrons. The quantitative estimate of drug-likeness (QED) is 0.616. The third-order valence-corrected chi connectivity index (χ3v) is 5.10. The summed E-state index contributed by atoms with van der Waals surface area (Å²) in [4.78, 5) is 16.6. The Morgan fingerprint density at radius 3 is 2.71 bits per heavy atom. The molecule has 2 heterocycles. The van der Waals surface area contributed by atoms with Gasteiger partial charge in [0.25, 0.3) is 0 Å². The Morgan fingerprint density at radius 2 is 2.00 bits per heavy atom. The second-order valence-corrected chi connectivity index (χ2v) is 8.08. The van der Waals surface area contributed by atoms with Gasteiger partial charge in [-0.15, -0.1) is 10.2 Å². The van der Waals surface area contributed by atoms with Crippen molar-refractivity contribution in [2.45, 2.75) is 32.9 Å². The number of carbonyl (C=O) groups excluding carboxylic acids is 1. The van der Waals surface area contributed by atoms with Crippen LogP contribution in [0.4, 0.5) is 0 Å². The minimum absolute atomic E-state index is 0.00593. The van der Waals surface area contributed by atoms with Gasteiger partial charge in [-0.1, -0.05) is 43.8 Å². The number of aryl methyl sites for hydroxylation is 2. The van der Waals surface area contributed by atoms with Crippen molar-refractivity contribution in [2.75, 3.05) is 12.3 Å². The smallest absolute Gasteiger partial charge is 0.230 e. The number of nitrogens with zero attached hydrogens (tertiary/aromatic N) is 4. The van der Waals surface area contributed by atoms with Crippen molar-refractivity contribution >= 4 is 17.7 Å². The number of thioether (sulfide) groups is 1. The molecule has 28 heavy (non-hydrogen) atoms. The third-order valence-electron chi connectivity index (χ3n) is 4.17. The summed E-state index contributed by atoms with van der Waals surface area (Å²) in [5, 5.41) is 12.4. The summed E-state index contributed by atoms with van der Waals surface area (Å²) in [6.45, 7) is 8.93. The molecular formula is C21H25N5OS. The summed E-state index contributed by atoms with van der Waals surface area (Å²) in [6, 6.07) is 12.0. The summed E-state index contributed by atoms with van der Waals surface area (Å²) in [7, 11) is 0. The van der Waals surface area contributed by atoms with Crippen molar-refractivity contribution in [1.29, 1.82) is 0 Å². The summed E-state index contributed by atoms with van der Waals surface area (Å²) < 4.78 is 1.99. The molecule has 146 valence electrons. The van der Waals surface area contributed by atoms with Gasteiger partial charge in [-0.2, -0.15) is 0 Å². The van der Waals surface area contributed by atoms with Gasteiger partial charge in [-0.3, -0.25) is 14.3 Å². The fraction of sp³-hybridized carbons (Fsp3) is 0.333. The fourth-order valence-electron chi connectivity index (χ4n) is 2.70. The average Bonchev–Trinajstić information content (AvgIpc) is 3.11. The number of aromatic nitrogens is 4. The van der Waals surface area contributed by atoms with E-state index >= 15 is 0 Å². The Labute approximate surface area is 169 Å². The number of hydrogen-bond donors (Lipinski definition) is 1. The SMILES string of the molecule is Cc1ccc(C)c(-n2c(SCC(=O)NCC(C)C)nnc2-c2ccccn2)c1. The molecule has 1 aromatic carbocycles. The molecule has 0 saturated heterocycles. The normalized spacial score (nSPS) is 11.0. The molecule has 0 saturated carbocycles. The average molecular weight is 396 g/mol. The molecule has 1 N–H and O–H groups in total. The lowest BCUT2D eigenvalue weighted by atomic mass is 10.1. The summed E-state index contributed by atoms with van der Waals surface area (Å²) in [6.07, 6.45) is 1.74. The van der Waals surface area contributed by atoms with E-state index in [2.05, 4.69) is 66.4 Å². The summed E-state index contributed by atoms with van der Waals surface area (Å²) in [5.74, 6) is 1.37. The van der Waals surface area contributed by atoms with E-state index in [1.54, 1.807) is 6.20 Å². The Morgan fingerprint density at radius 1 is 1.18 bits per heavy atom. The second kappa shape index (κ2) is 9.01. The van der Waals surface area contributed by atoms with Gasteiger partial charge in [0.15, 0.2) is 11.0 Å². The molecule has 2 aromatic heterocycles. The van der Waals surface area contributed by atoms with Gasteiger partial charge in [0, 0.05) is 12.7 Å². The lowest BCUT2D eigenvalue weighted by molar-refractivity contribution is -0.118. The first kappa shape index (κ1) is 20.1. The maximum absolute atomic E-state index is 12.2. The summed E-state index contributed by atoms with van der Waals surface area (Å²) in [5.41, 5.74) is 3.99. The Hall–Kier alpha value is -2.67. The second-order valence-electron chi connectivity index (χ2n) is 7.13. The van der Waals surface area contributed by atoms with E-state index in [0.717, 1.165) is 22.5 Å². The zero-order valence-corrected chi connectivity index (χ0v) is 17.5. The number of nitrogens with one attached hydrogen (secondary N) is 1. The Bertz CT molecular complexity index is 953. The van der Waals surface area contributed by atoms with Crippen LogP contribution in [0.2, 0.25) is 0 Å². The van der Waals surface area contributed by atoms with E-state index in [-0.39, 0.29) is 11.7 Å². The molecule has 6 nitrogen and oxygen atoms in total. The molecule has 0 unspecified atom stereocenters. The maximum atomic E-state index is 12.2. The van der Waals surface area contributed by atoms with Crippen LogP contribution >= 0.6 is 11.8 Å². The van der Waals surface area contributed by atoms with Gasteiger partial charge < -0.3 is 5.32 Å². The van der Waals surface area contributed by atoms with Crippen LogP contribution in [0.15, 0.2) is 47.8 Å². The molecule has 7 heteroatoms. The minimum Gasteiger partial charge on any atom is -0.355 e. The first-order valence-corrected chi connectivity index (χ1v) is 10.3. The van der Waals surface area contributed by atoms with E-state index in [1.165, 1.54) is 11.8 Å². The molecule has 0 spiro atoms.